The molecule has 10 nitrogen and oxygen atoms in total. The first-order chi connectivity index (χ1) is 20.8. The highest BCUT2D eigenvalue weighted by Gasteiger charge is 2.42. The second-order valence-corrected chi connectivity index (χ2v) is 13.9. The zero-order valence-corrected chi connectivity index (χ0v) is 25.9. The first kappa shape index (κ1) is 28.6. The van der Waals surface area contributed by atoms with Gasteiger partial charge in [0, 0.05) is 29.4 Å². The number of aromatic nitrogens is 3. The van der Waals surface area contributed by atoms with Crippen LogP contribution in [0.2, 0.25) is 0 Å². The predicted octanol–water partition coefficient (Wildman–Crippen LogP) is 4.61. The van der Waals surface area contributed by atoms with Crippen LogP contribution >= 0.6 is 23.1 Å². The second kappa shape index (κ2) is 11.1. The van der Waals surface area contributed by atoms with Gasteiger partial charge in [-0.25, -0.2) is 24.5 Å². The molecule has 0 aliphatic carbocycles. The number of hydrogen-bond acceptors (Lipinski definition) is 10. The molecular weight excluding hydrogens is 612 g/mol. The summed E-state index contributed by atoms with van der Waals surface area (Å²) in [4.78, 5) is 17.1. The Kier molecular flexibility index (Phi) is 7.38. The smallest absolute Gasteiger partial charge is 0.278 e. The highest BCUT2D eigenvalue weighted by Crippen LogP contribution is 2.48. The van der Waals surface area contributed by atoms with Crippen LogP contribution in [0.3, 0.4) is 0 Å². The number of ether oxygens (including phenoxy) is 2. The van der Waals surface area contributed by atoms with Gasteiger partial charge in [0.15, 0.2) is 10.3 Å². The summed E-state index contributed by atoms with van der Waals surface area (Å²) in [5.74, 6) is -0.0517. The van der Waals surface area contributed by atoms with Gasteiger partial charge < -0.3 is 14.4 Å². The Morgan fingerprint density at radius 2 is 1.84 bits per heavy atom. The van der Waals surface area contributed by atoms with Crippen molar-refractivity contribution >= 4 is 38.4 Å². The van der Waals surface area contributed by atoms with Gasteiger partial charge in [-0.3, -0.25) is 0 Å². The van der Waals surface area contributed by atoms with Gasteiger partial charge in [-0.1, -0.05) is 47.4 Å². The van der Waals surface area contributed by atoms with Crippen LogP contribution in [0.4, 0.5) is 9.52 Å². The van der Waals surface area contributed by atoms with Gasteiger partial charge in [0.2, 0.25) is 0 Å². The Balaban J connectivity index is 1.40. The summed E-state index contributed by atoms with van der Waals surface area (Å²) < 4.78 is 54.9. The lowest BCUT2D eigenvalue weighted by Gasteiger charge is -2.34. The lowest BCUT2D eigenvalue weighted by Crippen LogP contribution is -2.45. The molecule has 0 radical (unpaired) electrons. The highest BCUT2D eigenvalue weighted by molar-refractivity contribution is 7.98. The molecule has 0 amide bonds. The maximum Gasteiger partial charge on any atom is 0.278 e. The third-order valence-electron chi connectivity index (χ3n) is 8.32. The third-order valence-corrected chi connectivity index (χ3v) is 11.0. The van der Waals surface area contributed by atoms with Gasteiger partial charge in [-0.2, -0.15) is 12.7 Å². The fourth-order valence-corrected chi connectivity index (χ4v) is 8.77. The van der Waals surface area contributed by atoms with Gasteiger partial charge in [-0.05, 0) is 42.9 Å². The maximum absolute atomic E-state index is 16.9. The SMILES string of the molecule is COc1cccc2c1CN(S(N)(=O)=O)C2c1cccc(-c2nc(N3C4CCC3COC4)sc2-c2ccnc(SC)n2)c1F. The Morgan fingerprint density at radius 3 is 2.56 bits per heavy atom. The molecule has 4 aromatic rings. The molecule has 2 N–H and O–H groups in total. The number of anilines is 1. The molecule has 3 unspecified atom stereocenters. The Hall–Kier alpha value is -3.14. The minimum absolute atomic E-state index is 0.0309. The van der Waals surface area contributed by atoms with Crippen LogP contribution in [0.5, 0.6) is 5.75 Å². The van der Waals surface area contributed by atoms with E-state index in [4.69, 9.17) is 24.6 Å². The van der Waals surface area contributed by atoms with E-state index >= 15 is 4.39 Å². The summed E-state index contributed by atoms with van der Waals surface area (Å²) in [5, 5.41) is 7.06. The summed E-state index contributed by atoms with van der Waals surface area (Å²) in [7, 11) is -2.68. The fourth-order valence-electron chi connectivity index (χ4n) is 6.39. The molecule has 0 spiro atoms. The zero-order chi connectivity index (χ0) is 29.9. The van der Waals surface area contributed by atoms with Gasteiger partial charge >= 0.3 is 0 Å². The molecule has 43 heavy (non-hydrogen) atoms. The quantitative estimate of drug-likeness (QED) is 0.228. The molecule has 0 saturated carbocycles. The maximum atomic E-state index is 16.9. The molecule has 5 heterocycles. The van der Waals surface area contributed by atoms with Crippen molar-refractivity contribution in [1.29, 1.82) is 0 Å². The molecule has 2 saturated heterocycles. The molecule has 3 aliphatic rings. The van der Waals surface area contributed by atoms with Crippen molar-refractivity contribution in [2.24, 2.45) is 5.14 Å². The predicted molar refractivity (Wildman–Crippen MR) is 164 cm³/mol. The van der Waals surface area contributed by atoms with E-state index in [1.54, 1.807) is 48.7 Å². The number of benzene rings is 2. The van der Waals surface area contributed by atoms with Crippen LogP contribution in [0.1, 0.15) is 35.6 Å². The summed E-state index contributed by atoms with van der Waals surface area (Å²) in [6.45, 7) is 1.22. The number of hydrogen-bond donors (Lipinski definition) is 1. The number of thioether (sulfide) groups is 1. The Bertz CT molecular complexity index is 1800. The summed E-state index contributed by atoms with van der Waals surface area (Å²) in [5.41, 5.74) is 2.80. The van der Waals surface area contributed by atoms with Crippen LogP contribution < -0.4 is 14.8 Å². The average Bonchev–Trinajstić information content (AvgIpc) is 3.68. The highest BCUT2D eigenvalue weighted by atomic mass is 32.2. The molecule has 3 atom stereocenters. The molecule has 3 aliphatic heterocycles. The van der Waals surface area contributed by atoms with Gasteiger partial charge in [-0.15, -0.1) is 0 Å². The summed E-state index contributed by atoms with van der Waals surface area (Å²) in [6, 6.07) is 11.5. The van der Waals surface area contributed by atoms with Crippen LogP contribution in [-0.2, 0) is 21.5 Å². The van der Waals surface area contributed by atoms with Crippen molar-refractivity contribution in [3.63, 3.8) is 0 Å². The first-order valence-electron chi connectivity index (χ1n) is 13.8. The molecule has 2 aromatic carbocycles. The van der Waals surface area contributed by atoms with Crippen LogP contribution in [0.25, 0.3) is 21.8 Å². The number of thiazole rings is 1. The van der Waals surface area contributed by atoms with Gasteiger partial charge in [0.25, 0.3) is 10.2 Å². The van der Waals surface area contributed by atoms with Crippen molar-refractivity contribution in [2.45, 2.75) is 42.7 Å². The first-order valence-corrected chi connectivity index (χ1v) is 17.3. The van der Waals surface area contributed by atoms with E-state index in [2.05, 4.69) is 9.88 Å². The number of nitrogens with two attached hydrogens (primary N) is 1. The number of fused-ring (bicyclic) bond motifs is 3. The fraction of sp³-hybridized carbons (Fsp3) is 0.345. The van der Waals surface area contributed by atoms with Gasteiger partial charge in [0.05, 0.1) is 54.7 Å². The molecular formula is C29H29FN6O4S3. The molecule has 2 bridgehead atoms. The molecule has 14 heteroatoms. The van der Waals surface area contributed by atoms with E-state index in [-0.39, 0.29) is 29.8 Å². The van der Waals surface area contributed by atoms with E-state index in [1.807, 2.05) is 6.26 Å². The minimum atomic E-state index is -4.20. The molecule has 2 aromatic heterocycles. The van der Waals surface area contributed by atoms with E-state index in [1.165, 1.54) is 30.2 Å². The average molecular weight is 641 g/mol. The van der Waals surface area contributed by atoms with Crippen molar-refractivity contribution < 1.29 is 22.3 Å². The number of halogens is 1. The second-order valence-electron chi connectivity index (χ2n) is 10.7. The summed E-state index contributed by atoms with van der Waals surface area (Å²) in [6.07, 6.45) is 5.61. The number of nitrogens with zero attached hydrogens (tertiary/aromatic N) is 5. The third kappa shape index (κ3) is 4.89. The minimum Gasteiger partial charge on any atom is -0.496 e. The lowest BCUT2D eigenvalue weighted by atomic mass is 9.95. The molecule has 2 fully saturated rings. The molecule has 7 rings (SSSR count). The van der Waals surface area contributed by atoms with E-state index in [9.17, 15) is 8.42 Å². The number of methoxy groups -OCH3 is 1. The Labute approximate surface area is 257 Å². The topological polar surface area (TPSA) is 124 Å². The Morgan fingerprint density at radius 1 is 1.09 bits per heavy atom. The molecule has 224 valence electrons. The zero-order valence-electron chi connectivity index (χ0n) is 23.4. The monoisotopic (exact) mass is 640 g/mol. The van der Waals surface area contributed by atoms with Crippen molar-refractivity contribution in [1.82, 2.24) is 19.3 Å². The standard InChI is InChI=1S/C29H29FN6O4S3/c1-39-23-8-4-5-18-21(23)13-35(43(31,37)38)26(18)20-7-3-6-19(24(20)30)25-27(22-11-12-32-28(33-22)41-2)42-29(34-25)36-16-9-10-17(36)15-40-14-16/h3-8,11-12,16-17,26H,9-10,13-15H2,1-2H3,(H2,31,37,38). The van der Waals surface area contributed by atoms with E-state index < -0.39 is 22.1 Å². The normalized spacial score (nSPS) is 21.8. The lowest BCUT2D eigenvalue weighted by molar-refractivity contribution is 0.0906. The van der Waals surface area contributed by atoms with Crippen molar-refractivity contribution in [3.8, 4) is 27.6 Å². The number of morpholine rings is 1. The number of rotatable bonds is 7. The van der Waals surface area contributed by atoms with Crippen LogP contribution in [-0.4, -0.2) is 66.3 Å². The largest absolute Gasteiger partial charge is 0.496 e. The van der Waals surface area contributed by atoms with Crippen molar-refractivity contribution in [3.05, 3.63) is 71.2 Å². The summed E-state index contributed by atoms with van der Waals surface area (Å²) >= 11 is 2.90. The van der Waals surface area contributed by atoms with E-state index in [0.717, 1.165) is 22.3 Å². The van der Waals surface area contributed by atoms with Crippen molar-refractivity contribution in [2.75, 3.05) is 31.5 Å². The van der Waals surface area contributed by atoms with Crippen LogP contribution in [0, 0.1) is 5.82 Å². The van der Waals surface area contributed by atoms with E-state index in [0.29, 0.717) is 51.5 Å². The van der Waals surface area contributed by atoms with Gasteiger partial charge in [0.1, 0.15) is 11.6 Å². The van der Waals surface area contributed by atoms with Crippen LogP contribution in [0.15, 0.2) is 53.8 Å².